The molecule has 1 spiro atoms. The summed E-state index contributed by atoms with van der Waals surface area (Å²) in [5.41, 5.74) is 4.12. The second-order valence-electron chi connectivity index (χ2n) is 9.25. The summed E-state index contributed by atoms with van der Waals surface area (Å²) in [6.45, 7) is 1.76. The molecule has 2 saturated heterocycles. The van der Waals surface area contributed by atoms with E-state index in [1.54, 1.807) is 21.7 Å². The number of likely N-dealkylation sites (N-methyl/N-ethyl adjacent to an activating group) is 1. The van der Waals surface area contributed by atoms with Crippen molar-refractivity contribution < 1.29 is 32.7 Å². The molecule has 2 aliphatic heterocycles. The van der Waals surface area contributed by atoms with E-state index in [1.165, 1.54) is 6.07 Å². The lowest BCUT2D eigenvalue weighted by Crippen LogP contribution is -2.61. The molecule has 33 heavy (non-hydrogen) atoms. The Morgan fingerprint density at radius 2 is 1.82 bits per heavy atom. The lowest BCUT2D eigenvalue weighted by atomic mass is 9.79. The average molecular weight is 469 g/mol. The van der Waals surface area contributed by atoms with Crippen LogP contribution in [0.4, 0.5) is 19.0 Å². The van der Waals surface area contributed by atoms with Gasteiger partial charge in [-0.25, -0.2) is 4.98 Å². The largest absolute Gasteiger partial charge is 0.481 e. The van der Waals surface area contributed by atoms with Crippen molar-refractivity contribution in [2.24, 2.45) is 23.0 Å². The molecule has 2 amide bonds. The van der Waals surface area contributed by atoms with E-state index in [2.05, 4.69) is 4.98 Å². The Bertz CT molecular complexity index is 948. The molecule has 1 aromatic rings. The third kappa shape index (κ3) is 4.35. The Labute approximate surface area is 188 Å². The first-order chi connectivity index (χ1) is 15.4. The Balaban J connectivity index is 1.40. The van der Waals surface area contributed by atoms with Crippen LogP contribution < -0.4 is 10.6 Å². The van der Waals surface area contributed by atoms with E-state index in [0.29, 0.717) is 45.0 Å². The summed E-state index contributed by atoms with van der Waals surface area (Å²) in [5.74, 6) is -2.74. The van der Waals surface area contributed by atoms with Gasteiger partial charge in [0.25, 0.3) is 0 Å². The van der Waals surface area contributed by atoms with Crippen LogP contribution in [0.2, 0.25) is 0 Å². The summed E-state index contributed by atoms with van der Waals surface area (Å²) in [7, 11) is 1.69. The number of nitrogens with two attached hydrogens (primary N) is 1. The zero-order chi connectivity index (χ0) is 24.1. The first kappa shape index (κ1) is 23.3. The molecule has 0 aromatic carbocycles. The number of nitrogens with zero attached hydrogens (tertiary/aromatic N) is 4. The molecule has 9 nitrogen and oxygen atoms in total. The van der Waals surface area contributed by atoms with Crippen LogP contribution >= 0.6 is 0 Å². The van der Waals surface area contributed by atoms with E-state index in [1.807, 2.05) is 0 Å². The maximum Gasteiger partial charge on any atom is 0.417 e. The summed E-state index contributed by atoms with van der Waals surface area (Å²) in [6, 6.07) is 1.43. The van der Waals surface area contributed by atoms with Crippen LogP contribution in [0.25, 0.3) is 0 Å². The van der Waals surface area contributed by atoms with E-state index in [9.17, 15) is 32.7 Å². The van der Waals surface area contributed by atoms with Gasteiger partial charge in [0, 0.05) is 44.8 Å². The zero-order valence-corrected chi connectivity index (χ0v) is 18.1. The predicted molar refractivity (Wildman–Crippen MR) is 110 cm³/mol. The van der Waals surface area contributed by atoms with Gasteiger partial charge in [0.2, 0.25) is 11.8 Å². The number of halogens is 3. The van der Waals surface area contributed by atoms with Crippen LogP contribution in [0.1, 0.15) is 18.4 Å². The molecule has 3 fully saturated rings. The Kier molecular flexibility index (Phi) is 5.75. The normalized spacial score (nSPS) is 30.4. The number of primary amides is 1. The number of piperazine rings is 1. The third-order valence-corrected chi connectivity index (χ3v) is 7.14. The number of carbonyl (C=O) groups excluding carboxylic acids is 2. The molecule has 4 atom stereocenters. The number of piperidine rings is 1. The van der Waals surface area contributed by atoms with E-state index >= 15 is 0 Å². The van der Waals surface area contributed by atoms with Crippen molar-refractivity contribution in [3.8, 4) is 0 Å². The standard InChI is InChI=1S/C21H26F3N5O4/c1-27-11-20(9-14(20)17(25)30)8-13(19(32)33)16(27)18(31)29-6-4-28(5-7-29)15-3-2-12(10-26-15)21(22,23)24/h2-3,10,13-14,16H,4-9,11H2,1H3,(H2,25,30)(H,32,33). The van der Waals surface area contributed by atoms with Crippen LogP contribution in [0.3, 0.4) is 0 Å². The molecule has 180 valence electrons. The van der Waals surface area contributed by atoms with Gasteiger partial charge in [-0.2, -0.15) is 13.2 Å². The van der Waals surface area contributed by atoms with Crippen molar-refractivity contribution in [2.45, 2.75) is 25.1 Å². The second-order valence-corrected chi connectivity index (χ2v) is 9.25. The molecule has 3 heterocycles. The van der Waals surface area contributed by atoms with Crippen LogP contribution in [0, 0.1) is 17.3 Å². The number of hydrogen-bond donors (Lipinski definition) is 2. The number of pyridine rings is 1. The fourth-order valence-corrected chi connectivity index (χ4v) is 5.33. The van der Waals surface area contributed by atoms with Gasteiger partial charge in [-0.1, -0.05) is 0 Å². The van der Waals surface area contributed by atoms with Gasteiger partial charge >= 0.3 is 12.1 Å². The minimum Gasteiger partial charge on any atom is -0.481 e. The molecule has 4 unspecified atom stereocenters. The highest BCUT2D eigenvalue weighted by atomic mass is 19.4. The lowest BCUT2D eigenvalue weighted by molar-refractivity contribution is -0.156. The number of alkyl halides is 3. The molecule has 12 heteroatoms. The number of aromatic nitrogens is 1. The number of carbonyl (C=O) groups is 3. The second kappa shape index (κ2) is 8.15. The van der Waals surface area contributed by atoms with Crippen molar-refractivity contribution in [2.75, 3.05) is 44.7 Å². The molecule has 3 aliphatic rings. The number of carboxylic acid groups (broad SMARTS) is 1. The molecular formula is C21H26F3N5O4. The molecule has 1 saturated carbocycles. The fraction of sp³-hybridized carbons (Fsp3) is 0.619. The van der Waals surface area contributed by atoms with Crippen LogP contribution in [0.5, 0.6) is 0 Å². The molecule has 1 aliphatic carbocycles. The van der Waals surface area contributed by atoms with Gasteiger partial charge in [0.15, 0.2) is 0 Å². The van der Waals surface area contributed by atoms with Gasteiger partial charge in [-0.15, -0.1) is 0 Å². The highest BCUT2D eigenvalue weighted by Gasteiger charge is 2.63. The SMILES string of the molecule is CN1CC2(CC(C(=O)O)C1C(=O)N1CCN(c3ccc(C(F)(F)F)cn3)CC1)CC2C(N)=O. The van der Waals surface area contributed by atoms with Gasteiger partial charge < -0.3 is 20.6 Å². The van der Waals surface area contributed by atoms with Crippen molar-refractivity contribution in [3.63, 3.8) is 0 Å². The molecule has 3 N–H and O–H groups in total. The molecule has 1 aromatic heterocycles. The minimum absolute atomic E-state index is 0.228. The van der Waals surface area contributed by atoms with Gasteiger partial charge in [0.05, 0.1) is 11.5 Å². The summed E-state index contributed by atoms with van der Waals surface area (Å²) in [4.78, 5) is 45.9. The fourth-order valence-electron chi connectivity index (χ4n) is 5.33. The third-order valence-electron chi connectivity index (χ3n) is 7.14. The summed E-state index contributed by atoms with van der Waals surface area (Å²) in [5, 5.41) is 9.82. The minimum atomic E-state index is -4.46. The van der Waals surface area contributed by atoms with Crippen molar-refractivity contribution >= 4 is 23.6 Å². The van der Waals surface area contributed by atoms with Crippen molar-refractivity contribution in [1.82, 2.24) is 14.8 Å². The molecule has 4 rings (SSSR count). The number of anilines is 1. The monoisotopic (exact) mass is 469 g/mol. The Morgan fingerprint density at radius 3 is 2.30 bits per heavy atom. The van der Waals surface area contributed by atoms with Gasteiger partial charge in [-0.05, 0) is 37.4 Å². The topological polar surface area (TPSA) is 120 Å². The highest BCUT2D eigenvalue weighted by molar-refractivity contribution is 5.89. The lowest BCUT2D eigenvalue weighted by Gasteiger charge is -2.44. The molecular weight excluding hydrogens is 443 g/mol. The molecule has 0 radical (unpaired) electrons. The smallest absolute Gasteiger partial charge is 0.417 e. The maximum absolute atomic E-state index is 13.3. The van der Waals surface area contributed by atoms with E-state index in [4.69, 9.17) is 5.73 Å². The number of rotatable bonds is 4. The summed E-state index contributed by atoms with van der Waals surface area (Å²) < 4.78 is 38.2. The van der Waals surface area contributed by atoms with E-state index in [-0.39, 0.29) is 18.2 Å². The molecule has 0 bridgehead atoms. The number of carboxylic acids is 1. The van der Waals surface area contributed by atoms with Crippen molar-refractivity contribution in [1.29, 1.82) is 0 Å². The predicted octanol–water partition coefficient (Wildman–Crippen LogP) is 0.646. The van der Waals surface area contributed by atoms with Crippen LogP contribution in [0.15, 0.2) is 18.3 Å². The van der Waals surface area contributed by atoms with Crippen LogP contribution in [-0.2, 0) is 20.6 Å². The number of hydrogen-bond acceptors (Lipinski definition) is 6. The number of likely N-dealkylation sites (tertiary alicyclic amines) is 1. The van der Waals surface area contributed by atoms with E-state index in [0.717, 1.165) is 12.3 Å². The summed E-state index contributed by atoms with van der Waals surface area (Å²) >= 11 is 0. The maximum atomic E-state index is 13.3. The van der Waals surface area contributed by atoms with Crippen molar-refractivity contribution in [3.05, 3.63) is 23.9 Å². The number of amides is 2. The van der Waals surface area contributed by atoms with Gasteiger partial charge in [-0.3, -0.25) is 19.3 Å². The van der Waals surface area contributed by atoms with Gasteiger partial charge in [0.1, 0.15) is 11.9 Å². The first-order valence-corrected chi connectivity index (χ1v) is 10.7. The quantitative estimate of drug-likeness (QED) is 0.664. The van der Waals surface area contributed by atoms with Crippen LogP contribution in [-0.4, -0.2) is 83.5 Å². The Morgan fingerprint density at radius 1 is 1.15 bits per heavy atom. The highest BCUT2D eigenvalue weighted by Crippen LogP contribution is 2.59. The summed E-state index contributed by atoms with van der Waals surface area (Å²) in [6.07, 6.45) is -2.91. The van der Waals surface area contributed by atoms with E-state index < -0.39 is 41.0 Å². The average Bonchev–Trinajstić information content (AvgIpc) is 3.45. The Hall–Kier alpha value is -2.89. The first-order valence-electron chi connectivity index (χ1n) is 10.7. The number of aliphatic carboxylic acids is 1. The zero-order valence-electron chi connectivity index (χ0n) is 18.1.